The lowest BCUT2D eigenvalue weighted by molar-refractivity contribution is -0.117. The second-order valence-corrected chi connectivity index (χ2v) is 5.06. The standard InChI is InChI=1S/C15H14N4O5/c1-8-6-13(19-23-8)17-14(20)9(2)16-15(21)10-7-12(24-18-10)11-4-3-5-22-11/h3-7,9H,1-2H3,(H,16,21)(H,17,19,20)/t9-/m0/s1. The molecule has 0 aromatic carbocycles. The van der Waals surface area contributed by atoms with Crippen molar-refractivity contribution in [2.24, 2.45) is 0 Å². The zero-order chi connectivity index (χ0) is 17.1. The second kappa shape index (κ2) is 6.41. The largest absolute Gasteiger partial charge is 0.461 e. The zero-order valence-corrected chi connectivity index (χ0v) is 12.9. The van der Waals surface area contributed by atoms with E-state index in [-0.39, 0.29) is 11.5 Å². The topological polar surface area (TPSA) is 123 Å². The Bertz CT molecular complexity index is 849. The molecule has 24 heavy (non-hydrogen) atoms. The molecular weight excluding hydrogens is 316 g/mol. The molecule has 0 bridgehead atoms. The molecule has 0 spiro atoms. The highest BCUT2D eigenvalue weighted by Crippen LogP contribution is 2.20. The molecule has 0 aliphatic carbocycles. The third-order valence-corrected chi connectivity index (χ3v) is 3.13. The molecule has 9 nitrogen and oxygen atoms in total. The van der Waals surface area contributed by atoms with Crippen LogP contribution in [0.4, 0.5) is 5.82 Å². The van der Waals surface area contributed by atoms with Crippen molar-refractivity contribution in [3.8, 4) is 11.5 Å². The van der Waals surface area contributed by atoms with Gasteiger partial charge in [-0.1, -0.05) is 10.3 Å². The molecule has 0 saturated carbocycles. The van der Waals surface area contributed by atoms with Gasteiger partial charge in [-0.15, -0.1) is 0 Å². The number of rotatable bonds is 5. The molecule has 2 N–H and O–H groups in total. The van der Waals surface area contributed by atoms with Crippen molar-refractivity contribution in [1.29, 1.82) is 0 Å². The van der Waals surface area contributed by atoms with Crippen molar-refractivity contribution in [2.45, 2.75) is 19.9 Å². The van der Waals surface area contributed by atoms with Crippen molar-refractivity contribution >= 4 is 17.6 Å². The summed E-state index contributed by atoms with van der Waals surface area (Å²) in [5, 5.41) is 12.4. The van der Waals surface area contributed by atoms with Gasteiger partial charge in [-0.05, 0) is 26.0 Å². The van der Waals surface area contributed by atoms with Gasteiger partial charge in [0.15, 0.2) is 17.3 Å². The maximum absolute atomic E-state index is 12.1. The van der Waals surface area contributed by atoms with E-state index < -0.39 is 17.9 Å². The normalized spacial score (nSPS) is 11.9. The lowest BCUT2D eigenvalue weighted by Gasteiger charge is -2.11. The maximum Gasteiger partial charge on any atom is 0.274 e. The highest BCUT2D eigenvalue weighted by atomic mass is 16.5. The Morgan fingerprint density at radius 2 is 2.00 bits per heavy atom. The van der Waals surface area contributed by atoms with Gasteiger partial charge in [0.05, 0.1) is 6.26 Å². The number of hydrogen-bond acceptors (Lipinski definition) is 7. The Morgan fingerprint density at radius 1 is 1.17 bits per heavy atom. The van der Waals surface area contributed by atoms with Gasteiger partial charge in [-0.3, -0.25) is 9.59 Å². The van der Waals surface area contributed by atoms with Crippen LogP contribution in [0.15, 0.2) is 44.0 Å². The SMILES string of the molecule is Cc1cc(NC(=O)[C@H](C)NC(=O)c2cc(-c3ccco3)on2)no1. The Morgan fingerprint density at radius 3 is 2.67 bits per heavy atom. The summed E-state index contributed by atoms with van der Waals surface area (Å²) in [7, 11) is 0. The first-order valence-corrected chi connectivity index (χ1v) is 7.08. The molecule has 3 heterocycles. The van der Waals surface area contributed by atoms with E-state index in [0.717, 1.165) is 0 Å². The zero-order valence-electron chi connectivity index (χ0n) is 12.9. The fourth-order valence-electron chi connectivity index (χ4n) is 1.91. The first-order chi connectivity index (χ1) is 11.5. The van der Waals surface area contributed by atoms with E-state index in [2.05, 4.69) is 20.9 Å². The average Bonchev–Trinajstić information content (AvgIpc) is 3.28. The predicted molar refractivity (Wildman–Crippen MR) is 81.0 cm³/mol. The van der Waals surface area contributed by atoms with Crippen LogP contribution < -0.4 is 10.6 Å². The minimum atomic E-state index is -0.807. The van der Waals surface area contributed by atoms with E-state index in [4.69, 9.17) is 13.5 Å². The number of carbonyl (C=O) groups is 2. The Balaban J connectivity index is 1.60. The number of furan rings is 1. The highest BCUT2D eigenvalue weighted by molar-refractivity contribution is 6.00. The number of amides is 2. The number of anilines is 1. The molecule has 3 aromatic rings. The summed E-state index contributed by atoms with van der Waals surface area (Å²) in [6, 6.07) is 5.56. The van der Waals surface area contributed by atoms with E-state index in [1.54, 1.807) is 25.1 Å². The molecule has 9 heteroatoms. The van der Waals surface area contributed by atoms with Gasteiger partial charge >= 0.3 is 0 Å². The van der Waals surface area contributed by atoms with Gasteiger partial charge in [0.1, 0.15) is 11.8 Å². The molecular formula is C15H14N4O5. The van der Waals surface area contributed by atoms with Crippen LogP contribution in [0, 0.1) is 6.92 Å². The van der Waals surface area contributed by atoms with E-state index in [9.17, 15) is 9.59 Å². The average molecular weight is 330 g/mol. The Hall–Kier alpha value is -3.36. The maximum atomic E-state index is 12.1. The molecule has 3 aromatic heterocycles. The smallest absolute Gasteiger partial charge is 0.274 e. The molecule has 0 aliphatic heterocycles. The second-order valence-electron chi connectivity index (χ2n) is 5.06. The van der Waals surface area contributed by atoms with Crippen molar-refractivity contribution < 1.29 is 23.1 Å². The Kier molecular flexibility index (Phi) is 4.15. The lowest BCUT2D eigenvalue weighted by Crippen LogP contribution is -2.41. The predicted octanol–water partition coefficient (Wildman–Crippen LogP) is 1.99. The van der Waals surface area contributed by atoms with Crippen LogP contribution in [0.3, 0.4) is 0 Å². The van der Waals surface area contributed by atoms with Gasteiger partial charge in [0.2, 0.25) is 11.7 Å². The highest BCUT2D eigenvalue weighted by Gasteiger charge is 2.21. The van der Waals surface area contributed by atoms with Gasteiger partial charge in [0, 0.05) is 12.1 Å². The minimum Gasteiger partial charge on any atom is -0.461 e. The summed E-state index contributed by atoms with van der Waals surface area (Å²) in [5.74, 6) is 0.631. The number of hydrogen-bond donors (Lipinski definition) is 2. The molecule has 3 rings (SSSR count). The fourth-order valence-corrected chi connectivity index (χ4v) is 1.91. The molecule has 0 unspecified atom stereocenters. The Labute approximate surface area is 136 Å². The van der Waals surface area contributed by atoms with E-state index in [0.29, 0.717) is 17.3 Å². The summed E-state index contributed by atoms with van der Waals surface area (Å²) >= 11 is 0. The number of aromatic nitrogens is 2. The van der Waals surface area contributed by atoms with Crippen molar-refractivity contribution in [1.82, 2.24) is 15.6 Å². The van der Waals surface area contributed by atoms with Crippen molar-refractivity contribution in [2.75, 3.05) is 5.32 Å². The monoisotopic (exact) mass is 330 g/mol. The van der Waals surface area contributed by atoms with Gasteiger partial charge in [0.25, 0.3) is 5.91 Å². The van der Waals surface area contributed by atoms with Crippen LogP contribution in [0.25, 0.3) is 11.5 Å². The van der Waals surface area contributed by atoms with Crippen molar-refractivity contribution in [3.05, 3.63) is 42.0 Å². The van der Waals surface area contributed by atoms with Gasteiger partial charge in [-0.2, -0.15) is 0 Å². The van der Waals surface area contributed by atoms with E-state index in [1.165, 1.54) is 19.3 Å². The molecule has 0 radical (unpaired) electrons. The molecule has 0 aliphatic rings. The minimum absolute atomic E-state index is 0.0401. The summed E-state index contributed by atoms with van der Waals surface area (Å²) in [4.78, 5) is 24.1. The van der Waals surface area contributed by atoms with Crippen LogP contribution >= 0.6 is 0 Å². The first-order valence-electron chi connectivity index (χ1n) is 7.08. The van der Waals surface area contributed by atoms with Gasteiger partial charge in [-0.25, -0.2) is 0 Å². The van der Waals surface area contributed by atoms with Crippen LogP contribution in [-0.4, -0.2) is 28.2 Å². The number of aryl methyl sites for hydroxylation is 1. The first kappa shape index (κ1) is 15.5. The third kappa shape index (κ3) is 3.35. The number of nitrogens with zero attached hydrogens (tertiary/aromatic N) is 2. The molecule has 0 fully saturated rings. The lowest BCUT2D eigenvalue weighted by atomic mass is 10.2. The number of carbonyl (C=O) groups excluding carboxylic acids is 2. The molecule has 2 amide bonds. The molecule has 0 saturated heterocycles. The molecule has 124 valence electrons. The van der Waals surface area contributed by atoms with E-state index in [1.807, 2.05) is 0 Å². The molecule has 1 atom stereocenters. The van der Waals surface area contributed by atoms with Crippen LogP contribution in [0.2, 0.25) is 0 Å². The third-order valence-electron chi connectivity index (χ3n) is 3.13. The summed E-state index contributed by atoms with van der Waals surface area (Å²) in [6.07, 6.45) is 1.48. The number of nitrogens with one attached hydrogen (secondary N) is 2. The summed E-state index contributed by atoms with van der Waals surface area (Å²) < 4.78 is 15.0. The summed E-state index contributed by atoms with van der Waals surface area (Å²) in [5.41, 5.74) is 0.0401. The van der Waals surface area contributed by atoms with Crippen molar-refractivity contribution in [3.63, 3.8) is 0 Å². The summed E-state index contributed by atoms with van der Waals surface area (Å²) in [6.45, 7) is 3.24. The quantitative estimate of drug-likeness (QED) is 0.733. The van der Waals surface area contributed by atoms with Gasteiger partial charge < -0.3 is 24.1 Å². The van der Waals surface area contributed by atoms with Crippen LogP contribution in [-0.2, 0) is 4.79 Å². The fraction of sp³-hybridized carbons (Fsp3) is 0.200. The van der Waals surface area contributed by atoms with Crippen LogP contribution in [0.1, 0.15) is 23.2 Å². The van der Waals surface area contributed by atoms with E-state index >= 15 is 0 Å². The van der Waals surface area contributed by atoms with Crippen LogP contribution in [0.5, 0.6) is 0 Å².